The lowest BCUT2D eigenvalue weighted by atomic mass is 10.2. The largest absolute Gasteiger partial charge is 0.459 e. The highest BCUT2D eigenvalue weighted by Gasteiger charge is 2.15. The van der Waals surface area contributed by atoms with E-state index in [1.165, 1.54) is 11.9 Å². The van der Waals surface area contributed by atoms with Gasteiger partial charge in [-0.3, -0.25) is 9.52 Å². The maximum atomic E-state index is 11.1. The van der Waals surface area contributed by atoms with Crippen LogP contribution in [0.25, 0.3) is 0 Å². The molecule has 0 bridgehead atoms. The van der Waals surface area contributed by atoms with Gasteiger partial charge in [0.05, 0.1) is 0 Å². The number of nitrogens with one attached hydrogen (secondary N) is 1. The van der Waals surface area contributed by atoms with Crippen molar-refractivity contribution < 1.29 is 9.53 Å². The number of carbonyl (C=O) groups excluding carboxylic acids is 1. The van der Waals surface area contributed by atoms with E-state index in [0.29, 0.717) is 6.54 Å². The molecular formula is C8H18N2O2S. The molecule has 5 heteroatoms. The van der Waals surface area contributed by atoms with E-state index >= 15 is 0 Å². The maximum absolute atomic E-state index is 11.1. The second kappa shape index (κ2) is 6.23. The van der Waals surface area contributed by atoms with Crippen LogP contribution in [0.1, 0.15) is 20.8 Å². The van der Waals surface area contributed by atoms with Crippen molar-refractivity contribution in [2.45, 2.75) is 26.4 Å². The Morgan fingerprint density at radius 1 is 1.54 bits per heavy atom. The van der Waals surface area contributed by atoms with Crippen LogP contribution in [0.4, 0.5) is 0 Å². The minimum absolute atomic E-state index is 0.224. The van der Waals surface area contributed by atoms with Crippen molar-refractivity contribution in [1.82, 2.24) is 4.72 Å². The fourth-order valence-electron chi connectivity index (χ4n) is 0.619. The van der Waals surface area contributed by atoms with Crippen molar-refractivity contribution in [1.29, 1.82) is 0 Å². The third kappa shape index (κ3) is 9.66. The van der Waals surface area contributed by atoms with Gasteiger partial charge >= 0.3 is 5.97 Å². The summed E-state index contributed by atoms with van der Waals surface area (Å²) in [4.78, 5) is 11.1. The van der Waals surface area contributed by atoms with Gasteiger partial charge in [0.25, 0.3) is 0 Å². The molecule has 0 fully saturated rings. The van der Waals surface area contributed by atoms with E-state index in [4.69, 9.17) is 10.5 Å². The number of esters is 1. The van der Waals surface area contributed by atoms with Gasteiger partial charge in [0, 0.05) is 12.3 Å². The van der Waals surface area contributed by atoms with E-state index in [-0.39, 0.29) is 12.5 Å². The standard InChI is InChI=1S/C8H18N2O2S/c1-8(2,3)12-7(11)6-10-13-5-4-9/h10H,4-6,9H2,1-3H3. The highest BCUT2D eigenvalue weighted by molar-refractivity contribution is 7.97. The van der Waals surface area contributed by atoms with Crippen molar-refractivity contribution in [3.63, 3.8) is 0 Å². The molecule has 0 aromatic heterocycles. The van der Waals surface area contributed by atoms with Gasteiger partial charge in [-0.1, -0.05) is 11.9 Å². The lowest BCUT2D eigenvalue weighted by Crippen LogP contribution is -2.29. The Kier molecular flexibility index (Phi) is 6.11. The SMILES string of the molecule is CC(C)(C)OC(=O)CNSCCN. The Labute approximate surface area is 83.7 Å². The molecule has 0 aromatic carbocycles. The van der Waals surface area contributed by atoms with Crippen LogP contribution in [0.15, 0.2) is 0 Å². The molecule has 0 radical (unpaired) electrons. The van der Waals surface area contributed by atoms with Crippen LogP contribution >= 0.6 is 11.9 Å². The Hall–Kier alpha value is -0.260. The molecule has 0 unspecified atom stereocenters. The highest BCUT2D eigenvalue weighted by Crippen LogP contribution is 2.06. The molecule has 3 N–H and O–H groups in total. The average Bonchev–Trinajstić information content (AvgIpc) is 1.94. The lowest BCUT2D eigenvalue weighted by molar-refractivity contribution is -0.153. The average molecular weight is 206 g/mol. The molecule has 0 heterocycles. The molecule has 0 aliphatic heterocycles. The Bertz CT molecular complexity index is 157. The summed E-state index contributed by atoms with van der Waals surface area (Å²) in [5.41, 5.74) is 4.86. The first kappa shape index (κ1) is 12.7. The summed E-state index contributed by atoms with van der Waals surface area (Å²) in [5.74, 6) is 0.556. The summed E-state index contributed by atoms with van der Waals surface area (Å²) in [6.45, 7) is 6.36. The van der Waals surface area contributed by atoms with Gasteiger partial charge in [0.2, 0.25) is 0 Å². The zero-order valence-corrected chi connectivity index (χ0v) is 9.24. The summed E-state index contributed by atoms with van der Waals surface area (Å²) in [6.07, 6.45) is 0. The van der Waals surface area contributed by atoms with E-state index in [1.54, 1.807) is 0 Å². The molecule has 0 saturated heterocycles. The second-order valence-corrected chi connectivity index (χ2v) is 4.53. The molecule has 78 valence electrons. The quantitative estimate of drug-likeness (QED) is 0.390. The highest BCUT2D eigenvalue weighted by atomic mass is 32.2. The van der Waals surface area contributed by atoms with Crippen LogP contribution in [0.2, 0.25) is 0 Å². The van der Waals surface area contributed by atoms with Crippen LogP contribution in [0.3, 0.4) is 0 Å². The number of nitrogens with two attached hydrogens (primary N) is 1. The van der Waals surface area contributed by atoms with E-state index < -0.39 is 5.60 Å². The number of carbonyl (C=O) groups is 1. The van der Waals surface area contributed by atoms with Crippen LogP contribution in [-0.2, 0) is 9.53 Å². The fourth-order valence-corrected chi connectivity index (χ4v) is 1.10. The molecule has 0 spiro atoms. The van der Waals surface area contributed by atoms with Gasteiger partial charge < -0.3 is 10.5 Å². The number of rotatable bonds is 5. The zero-order chi connectivity index (χ0) is 10.3. The zero-order valence-electron chi connectivity index (χ0n) is 8.42. The third-order valence-corrected chi connectivity index (χ3v) is 1.75. The van der Waals surface area contributed by atoms with Gasteiger partial charge in [0.1, 0.15) is 12.1 Å². The predicted octanol–water partition coefficient (Wildman–Crippen LogP) is 0.525. The molecule has 0 aromatic rings. The van der Waals surface area contributed by atoms with Crippen LogP contribution in [-0.4, -0.2) is 30.4 Å². The van der Waals surface area contributed by atoms with E-state index in [0.717, 1.165) is 5.75 Å². The smallest absolute Gasteiger partial charge is 0.321 e. The minimum atomic E-state index is -0.405. The number of hydrogen-bond acceptors (Lipinski definition) is 5. The van der Waals surface area contributed by atoms with Crippen LogP contribution in [0, 0.1) is 0 Å². The van der Waals surface area contributed by atoms with Crippen molar-refractivity contribution in [3.05, 3.63) is 0 Å². The van der Waals surface area contributed by atoms with E-state index in [2.05, 4.69) is 4.72 Å². The lowest BCUT2D eigenvalue weighted by Gasteiger charge is -2.19. The maximum Gasteiger partial charge on any atom is 0.321 e. The first-order valence-electron chi connectivity index (χ1n) is 4.22. The fraction of sp³-hybridized carbons (Fsp3) is 0.875. The Morgan fingerprint density at radius 2 is 2.15 bits per heavy atom. The molecule has 13 heavy (non-hydrogen) atoms. The van der Waals surface area contributed by atoms with Gasteiger partial charge in [-0.05, 0) is 20.8 Å². The summed E-state index contributed by atoms with van der Waals surface area (Å²) in [7, 11) is 0. The molecule has 0 amide bonds. The molecule has 0 aliphatic rings. The van der Waals surface area contributed by atoms with Crippen molar-refractivity contribution in [2.24, 2.45) is 5.73 Å². The van der Waals surface area contributed by atoms with Gasteiger partial charge in [-0.25, -0.2) is 0 Å². The Morgan fingerprint density at radius 3 is 2.62 bits per heavy atom. The van der Waals surface area contributed by atoms with Crippen molar-refractivity contribution >= 4 is 17.9 Å². The molecule has 4 nitrogen and oxygen atoms in total. The topological polar surface area (TPSA) is 64.3 Å². The molecular weight excluding hydrogens is 188 g/mol. The summed E-state index contributed by atoms with van der Waals surface area (Å²) >= 11 is 1.43. The molecule has 0 aliphatic carbocycles. The van der Waals surface area contributed by atoms with Crippen LogP contribution in [0.5, 0.6) is 0 Å². The molecule has 0 saturated carbocycles. The monoisotopic (exact) mass is 206 g/mol. The molecule has 0 rings (SSSR count). The first-order chi connectivity index (χ1) is 5.95. The summed E-state index contributed by atoms with van der Waals surface area (Å²) in [6, 6.07) is 0. The van der Waals surface area contributed by atoms with Gasteiger partial charge in [-0.2, -0.15) is 0 Å². The predicted molar refractivity (Wildman–Crippen MR) is 55.4 cm³/mol. The van der Waals surface area contributed by atoms with E-state index in [1.807, 2.05) is 20.8 Å². The van der Waals surface area contributed by atoms with Gasteiger partial charge in [0.15, 0.2) is 0 Å². The second-order valence-electron chi connectivity index (χ2n) is 3.54. The van der Waals surface area contributed by atoms with Gasteiger partial charge in [-0.15, -0.1) is 0 Å². The summed E-state index contributed by atoms with van der Waals surface area (Å²) < 4.78 is 7.94. The molecule has 0 atom stereocenters. The Balaban J connectivity index is 3.41. The minimum Gasteiger partial charge on any atom is -0.459 e. The number of ether oxygens (including phenoxy) is 1. The van der Waals surface area contributed by atoms with Crippen molar-refractivity contribution in [3.8, 4) is 0 Å². The number of hydrogen-bond donors (Lipinski definition) is 2. The van der Waals surface area contributed by atoms with E-state index in [9.17, 15) is 4.79 Å². The van der Waals surface area contributed by atoms with Crippen LogP contribution < -0.4 is 10.5 Å². The third-order valence-electron chi connectivity index (χ3n) is 0.959. The van der Waals surface area contributed by atoms with Crippen molar-refractivity contribution in [2.75, 3.05) is 18.8 Å². The first-order valence-corrected chi connectivity index (χ1v) is 5.21. The normalized spacial score (nSPS) is 11.4. The summed E-state index contributed by atoms with van der Waals surface area (Å²) in [5, 5.41) is 0.